The molecule has 1 unspecified atom stereocenters. The summed E-state index contributed by atoms with van der Waals surface area (Å²) in [7, 11) is 1.62. The van der Waals surface area contributed by atoms with E-state index in [1.54, 1.807) is 7.11 Å². The molecular weight excluding hydrogens is 232 g/mol. The van der Waals surface area contributed by atoms with Crippen LogP contribution >= 0.6 is 0 Å². The quantitative estimate of drug-likeness (QED) is 0.644. The van der Waals surface area contributed by atoms with E-state index in [0.717, 1.165) is 18.2 Å². The Kier molecular flexibility index (Phi) is 6.38. The smallest absolute Gasteiger partial charge is 0.158 e. The lowest BCUT2D eigenvalue weighted by Gasteiger charge is -2.12. The molecule has 0 aliphatic carbocycles. The molecule has 0 aliphatic rings. The number of hydrogen-bond donors (Lipinski definition) is 3. The van der Waals surface area contributed by atoms with Crippen LogP contribution in [0.1, 0.15) is 19.7 Å². The van der Waals surface area contributed by atoms with Gasteiger partial charge in [0, 0.05) is 32.9 Å². The van der Waals surface area contributed by atoms with Gasteiger partial charge in [0.05, 0.1) is 0 Å². The topological polar surface area (TPSA) is 79.3 Å². The predicted molar refractivity (Wildman–Crippen MR) is 71.6 cm³/mol. The fraction of sp³-hybridized carbons (Fsp3) is 0.667. The second kappa shape index (κ2) is 7.84. The van der Waals surface area contributed by atoms with Crippen LogP contribution in [0.5, 0.6) is 0 Å². The van der Waals surface area contributed by atoms with Crippen LogP contribution < -0.4 is 10.6 Å². The van der Waals surface area contributed by atoms with Crippen molar-refractivity contribution in [3.05, 3.63) is 11.9 Å². The number of methoxy groups -OCH3 is 1. The van der Waals surface area contributed by atoms with Gasteiger partial charge in [0.2, 0.25) is 0 Å². The van der Waals surface area contributed by atoms with Crippen LogP contribution in [0.15, 0.2) is 6.07 Å². The van der Waals surface area contributed by atoms with Gasteiger partial charge in [0.1, 0.15) is 18.2 Å². The first-order chi connectivity index (χ1) is 8.69. The SMILES string of the molecule is CCNc1cc(NCC(C)CO)nc(COC)n1. The monoisotopic (exact) mass is 254 g/mol. The lowest BCUT2D eigenvalue weighted by molar-refractivity contribution is 0.178. The fourth-order valence-electron chi connectivity index (χ4n) is 1.40. The zero-order valence-corrected chi connectivity index (χ0v) is 11.2. The summed E-state index contributed by atoms with van der Waals surface area (Å²) in [5.41, 5.74) is 0. The Balaban J connectivity index is 2.75. The van der Waals surface area contributed by atoms with Crippen molar-refractivity contribution in [2.24, 2.45) is 5.92 Å². The summed E-state index contributed by atoms with van der Waals surface area (Å²) in [6.45, 7) is 5.99. The van der Waals surface area contributed by atoms with E-state index in [4.69, 9.17) is 9.84 Å². The average molecular weight is 254 g/mol. The standard InChI is InChI=1S/C12H22N4O2/c1-4-13-10-5-11(14-6-9(2)7-17)16-12(15-10)8-18-3/h5,9,17H,4,6-8H2,1-3H3,(H2,13,14,15,16). The molecule has 0 aromatic carbocycles. The number of anilines is 2. The van der Waals surface area contributed by atoms with Crippen molar-refractivity contribution < 1.29 is 9.84 Å². The van der Waals surface area contributed by atoms with Crippen molar-refractivity contribution in [2.45, 2.75) is 20.5 Å². The molecular formula is C12H22N4O2. The van der Waals surface area contributed by atoms with Gasteiger partial charge >= 0.3 is 0 Å². The second-order valence-corrected chi connectivity index (χ2v) is 4.19. The van der Waals surface area contributed by atoms with E-state index < -0.39 is 0 Å². The number of ether oxygens (including phenoxy) is 1. The van der Waals surface area contributed by atoms with E-state index in [1.165, 1.54) is 0 Å². The van der Waals surface area contributed by atoms with Gasteiger partial charge in [-0.1, -0.05) is 6.92 Å². The number of aliphatic hydroxyl groups is 1. The van der Waals surface area contributed by atoms with Gasteiger partial charge in [-0.05, 0) is 12.8 Å². The van der Waals surface area contributed by atoms with Gasteiger partial charge in [-0.3, -0.25) is 0 Å². The number of hydrogen-bond acceptors (Lipinski definition) is 6. The summed E-state index contributed by atoms with van der Waals surface area (Å²) in [5.74, 6) is 2.34. The highest BCUT2D eigenvalue weighted by atomic mass is 16.5. The molecule has 0 fully saturated rings. The van der Waals surface area contributed by atoms with E-state index in [9.17, 15) is 0 Å². The van der Waals surface area contributed by atoms with Gasteiger partial charge in [-0.15, -0.1) is 0 Å². The minimum Gasteiger partial charge on any atom is -0.396 e. The van der Waals surface area contributed by atoms with E-state index in [-0.39, 0.29) is 12.5 Å². The van der Waals surface area contributed by atoms with E-state index in [0.29, 0.717) is 19.0 Å². The molecule has 0 amide bonds. The third kappa shape index (κ3) is 4.85. The summed E-state index contributed by atoms with van der Waals surface area (Å²) >= 11 is 0. The van der Waals surface area contributed by atoms with Gasteiger partial charge < -0.3 is 20.5 Å². The largest absolute Gasteiger partial charge is 0.396 e. The lowest BCUT2D eigenvalue weighted by Crippen LogP contribution is -2.16. The minimum atomic E-state index is 0.156. The normalized spacial score (nSPS) is 12.2. The van der Waals surface area contributed by atoms with Gasteiger partial charge in [-0.2, -0.15) is 0 Å². The Labute approximate surface area is 108 Å². The zero-order chi connectivity index (χ0) is 13.4. The van der Waals surface area contributed by atoms with Crippen LogP contribution in [0.4, 0.5) is 11.6 Å². The fourth-order valence-corrected chi connectivity index (χ4v) is 1.40. The Bertz CT molecular complexity index is 336. The third-order valence-corrected chi connectivity index (χ3v) is 2.35. The van der Waals surface area contributed by atoms with E-state index >= 15 is 0 Å². The summed E-state index contributed by atoms with van der Waals surface area (Å²) in [5, 5.41) is 15.3. The third-order valence-electron chi connectivity index (χ3n) is 2.35. The summed E-state index contributed by atoms with van der Waals surface area (Å²) in [4.78, 5) is 8.67. The minimum absolute atomic E-state index is 0.156. The molecule has 3 N–H and O–H groups in total. The molecule has 0 saturated carbocycles. The number of aliphatic hydroxyl groups excluding tert-OH is 1. The predicted octanol–water partition coefficient (Wildman–Crippen LogP) is 1.10. The zero-order valence-electron chi connectivity index (χ0n) is 11.2. The highest BCUT2D eigenvalue weighted by Crippen LogP contribution is 2.12. The average Bonchev–Trinajstić information content (AvgIpc) is 2.36. The van der Waals surface area contributed by atoms with Crippen LogP contribution in [-0.4, -0.2) is 41.9 Å². The molecule has 0 spiro atoms. The van der Waals surface area contributed by atoms with Crippen LogP contribution in [-0.2, 0) is 11.3 Å². The summed E-state index contributed by atoms with van der Waals surface area (Å²) < 4.78 is 5.04. The number of aromatic nitrogens is 2. The van der Waals surface area contributed by atoms with Crippen molar-refractivity contribution in [3.63, 3.8) is 0 Å². The Morgan fingerprint density at radius 1 is 1.33 bits per heavy atom. The number of nitrogens with zero attached hydrogens (tertiary/aromatic N) is 2. The molecule has 1 heterocycles. The highest BCUT2D eigenvalue weighted by Gasteiger charge is 2.05. The molecule has 0 radical (unpaired) electrons. The summed E-state index contributed by atoms with van der Waals surface area (Å²) in [6.07, 6.45) is 0. The Morgan fingerprint density at radius 2 is 2.00 bits per heavy atom. The Morgan fingerprint density at radius 3 is 2.56 bits per heavy atom. The molecule has 1 atom stereocenters. The van der Waals surface area contributed by atoms with E-state index in [1.807, 2.05) is 19.9 Å². The molecule has 1 aromatic heterocycles. The van der Waals surface area contributed by atoms with Crippen molar-refractivity contribution >= 4 is 11.6 Å². The number of nitrogens with one attached hydrogen (secondary N) is 2. The number of rotatable bonds is 8. The molecule has 6 heteroatoms. The highest BCUT2D eigenvalue weighted by molar-refractivity contribution is 5.47. The molecule has 0 bridgehead atoms. The first kappa shape index (κ1) is 14.7. The van der Waals surface area contributed by atoms with Crippen LogP contribution in [0.2, 0.25) is 0 Å². The van der Waals surface area contributed by atoms with Crippen LogP contribution in [0.25, 0.3) is 0 Å². The van der Waals surface area contributed by atoms with Crippen LogP contribution in [0, 0.1) is 5.92 Å². The molecule has 18 heavy (non-hydrogen) atoms. The van der Waals surface area contributed by atoms with Crippen LogP contribution in [0.3, 0.4) is 0 Å². The lowest BCUT2D eigenvalue weighted by atomic mass is 10.2. The van der Waals surface area contributed by atoms with Crippen molar-refractivity contribution in [2.75, 3.05) is 37.4 Å². The molecule has 1 rings (SSSR count). The van der Waals surface area contributed by atoms with Crippen molar-refractivity contribution in [3.8, 4) is 0 Å². The second-order valence-electron chi connectivity index (χ2n) is 4.19. The first-order valence-corrected chi connectivity index (χ1v) is 6.15. The first-order valence-electron chi connectivity index (χ1n) is 6.15. The molecule has 1 aromatic rings. The Hall–Kier alpha value is -1.40. The van der Waals surface area contributed by atoms with E-state index in [2.05, 4.69) is 20.6 Å². The molecule has 102 valence electrons. The summed E-state index contributed by atoms with van der Waals surface area (Å²) in [6, 6.07) is 1.85. The molecule has 0 aliphatic heterocycles. The maximum atomic E-state index is 8.99. The van der Waals surface area contributed by atoms with Gasteiger partial charge in [0.15, 0.2) is 5.82 Å². The maximum Gasteiger partial charge on any atom is 0.158 e. The van der Waals surface area contributed by atoms with Crippen molar-refractivity contribution in [1.82, 2.24) is 9.97 Å². The van der Waals surface area contributed by atoms with Gasteiger partial charge in [-0.25, -0.2) is 9.97 Å². The maximum absolute atomic E-state index is 8.99. The van der Waals surface area contributed by atoms with Gasteiger partial charge in [0.25, 0.3) is 0 Å². The molecule has 6 nitrogen and oxygen atoms in total. The molecule has 0 saturated heterocycles. The van der Waals surface area contributed by atoms with Crippen molar-refractivity contribution in [1.29, 1.82) is 0 Å².